The Hall–Kier alpha value is -4.10. The lowest BCUT2D eigenvalue weighted by Gasteiger charge is -2.30. The molecule has 1 aromatic heterocycles. The van der Waals surface area contributed by atoms with Gasteiger partial charge < -0.3 is 19.7 Å². The average molecular weight is 455 g/mol. The third-order valence-electron chi connectivity index (χ3n) is 5.85. The van der Waals surface area contributed by atoms with Gasteiger partial charge in [0.25, 0.3) is 5.91 Å². The fourth-order valence-corrected chi connectivity index (χ4v) is 4.14. The summed E-state index contributed by atoms with van der Waals surface area (Å²) in [7, 11) is 1.62. The van der Waals surface area contributed by atoms with Crippen molar-refractivity contribution in [3.63, 3.8) is 0 Å². The van der Waals surface area contributed by atoms with Gasteiger partial charge in [-0.05, 0) is 36.4 Å². The van der Waals surface area contributed by atoms with Crippen molar-refractivity contribution in [1.29, 1.82) is 0 Å². The van der Waals surface area contributed by atoms with E-state index in [4.69, 9.17) is 14.6 Å². The largest absolute Gasteiger partial charge is 0.496 e. The van der Waals surface area contributed by atoms with Crippen LogP contribution in [0.25, 0.3) is 16.9 Å². The number of morpholine rings is 1. The second-order valence-corrected chi connectivity index (χ2v) is 7.94. The van der Waals surface area contributed by atoms with Crippen LogP contribution in [0.3, 0.4) is 0 Å². The summed E-state index contributed by atoms with van der Waals surface area (Å²) in [5.41, 5.74) is 4.38. The molecule has 0 atom stereocenters. The molecule has 34 heavy (non-hydrogen) atoms. The average Bonchev–Trinajstić information content (AvgIpc) is 3.36. The van der Waals surface area contributed by atoms with Crippen molar-refractivity contribution < 1.29 is 14.3 Å². The molecule has 1 aliphatic rings. The third-order valence-corrected chi connectivity index (χ3v) is 5.85. The van der Waals surface area contributed by atoms with E-state index < -0.39 is 0 Å². The first kappa shape index (κ1) is 21.7. The molecule has 0 saturated carbocycles. The van der Waals surface area contributed by atoms with Gasteiger partial charge in [-0.1, -0.05) is 42.5 Å². The predicted molar refractivity (Wildman–Crippen MR) is 133 cm³/mol. The molecular weight excluding hydrogens is 428 g/mol. The van der Waals surface area contributed by atoms with Crippen LogP contribution in [-0.2, 0) is 4.74 Å². The molecule has 5 rings (SSSR count). The molecule has 2 heterocycles. The van der Waals surface area contributed by atoms with Gasteiger partial charge in [-0.3, -0.25) is 4.79 Å². The fraction of sp³-hybridized carbons (Fsp3) is 0.185. The minimum Gasteiger partial charge on any atom is -0.496 e. The Morgan fingerprint density at radius 3 is 2.44 bits per heavy atom. The van der Waals surface area contributed by atoms with E-state index in [1.165, 1.54) is 0 Å². The topological polar surface area (TPSA) is 68.6 Å². The van der Waals surface area contributed by atoms with Crippen molar-refractivity contribution in [2.45, 2.75) is 0 Å². The van der Waals surface area contributed by atoms with Crippen LogP contribution in [0.5, 0.6) is 5.75 Å². The smallest absolute Gasteiger partial charge is 0.259 e. The van der Waals surface area contributed by atoms with E-state index in [2.05, 4.69) is 10.2 Å². The minimum atomic E-state index is -0.233. The maximum absolute atomic E-state index is 13.6. The van der Waals surface area contributed by atoms with Crippen LogP contribution in [-0.4, -0.2) is 49.1 Å². The zero-order chi connectivity index (χ0) is 23.3. The lowest BCUT2D eigenvalue weighted by molar-refractivity contribution is 0.102. The van der Waals surface area contributed by atoms with E-state index >= 15 is 0 Å². The van der Waals surface area contributed by atoms with Crippen LogP contribution in [0.1, 0.15) is 10.4 Å². The number of benzene rings is 3. The van der Waals surface area contributed by atoms with Crippen LogP contribution in [0.2, 0.25) is 0 Å². The highest BCUT2D eigenvalue weighted by atomic mass is 16.5. The molecule has 0 aliphatic carbocycles. The molecule has 4 aromatic rings. The van der Waals surface area contributed by atoms with Crippen LogP contribution >= 0.6 is 0 Å². The Labute approximate surface area is 198 Å². The first-order valence-electron chi connectivity index (χ1n) is 11.3. The zero-order valence-electron chi connectivity index (χ0n) is 19.0. The van der Waals surface area contributed by atoms with Gasteiger partial charge >= 0.3 is 0 Å². The van der Waals surface area contributed by atoms with E-state index in [1.807, 2.05) is 78.9 Å². The molecule has 0 bridgehead atoms. The van der Waals surface area contributed by atoms with E-state index in [-0.39, 0.29) is 5.91 Å². The monoisotopic (exact) mass is 454 g/mol. The summed E-state index contributed by atoms with van der Waals surface area (Å²) < 4.78 is 12.8. The normalized spacial score (nSPS) is 13.5. The molecular formula is C27H26N4O3. The van der Waals surface area contributed by atoms with Crippen molar-refractivity contribution in [2.24, 2.45) is 0 Å². The highest BCUT2D eigenvalue weighted by Gasteiger charge is 2.23. The molecule has 0 radical (unpaired) electrons. The standard InChI is InChI=1S/C27H26N4O3/c1-33-25-14-8-5-11-21(25)26-22(19-31(29-26)20-9-3-2-4-10-20)27(32)28-23-12-6-7-13-24(23)30-15-17-34-18-16-30/h2-14,19H,15-18H2,1H3,(H,28,32). The number of hydrogen-bond acceptors (Lipinski definition) is 5. The fourth-order valence-electron chi connectivity index (χ4n) is 4.14. The number of rotatable bonds is 6. The van der Waals surface area contributed by atoms with Gasteiger partial charge in [-0.2, -0.15) is 5.10 Å². The highest BCUT2D eigenvalue weighted by Crippen LogP contribution is 2.33. The Morgan fingerprint density at radius 2 is 1.65 bits per heavy atom. The van der Waals surface area contributed by atoms with Gasteiger partial charge in [0.2, 0.25) is 0 Å². The Balaban J connectivity index is 1.54. The van der Waals surface area contributed by atoms with Gasteiger partial charge in [-0.15, -0.1) is 0 Å². The van der Waals surface area contributed by atoms with Gasteiger partial charge in [0.05, 0.1) is 42.9 Å². The van der Waals surface area contributed by atoms with Crippen molar-refractivity contribution >= 4 is 17.3 Å². The maximum atomic E-state index is 13.6. The second kappa shape index (κ2) is 9.80. The molecule has 1 saturated heterocycles. The summed E-state index contributed by atoms with van der Waals surface area (Å²) in [6.45, 7) is 2.91. The number of methoxy groups -OCH3 is 1. The number of aromatic nitrogens is 2. The number of hydrogen-bond donors (Lipinski definition) is 1. The molecule has 0 spiro atoms. The number of amides is 1. The van der Waals surface area contributed by atoms with Crippen LogP contribution in [0.4, 0.5) is 11.4 Å². The summed E-state index contributed by atoms with van der Waals surface area (Å²) in [5, 5.41) is 7.90. The maximum Gasteiger partial charge on any atom is 0.259 e. The summed E-state index contributed by atoms with van der Waals surface area (Å²) >= 11 is 0. The number of nitrogens with zero attached hydrogens (tertiary/aromatic N) is 3. The van der Waals surface area contributed by atoms with Crippen molar-refractivity contribution in [3.8, 4) is 22.7 Å². The quantitative estimate of drug-likeness (QED) is 0.460. The Kier molecular flexibility index (Phi) is 6.27. The number of ether oxygens (including phenoxy) is 2. The lowest BCUT2D eigenvalue weighted by atomic mass is 10.1. The van der Waals surface area contributed by atoms with E-state index in [0.29, 0.717) is 30.2 Å². The zero-order valence-corrected chi connectivity index (χ0v) is 19.0. The number of para-hydroxylation sites is 4. The SMILES string of the molecule is COc1ccccc1-c1nn(-c2ccccc2)cc1C(=O)Nc1ccccc1N1CCOCC1. The lowest BCUT2D eigenvalue weighted by Crippen LogP contribution is -2.36. The first-order valence-corrected chi connectivity index (χ1v) is 11.3. The number of anilines is 2. The van der Waals surface area contributed by atoms with Crippen molar-refractivity contribution in [3.05, 3.63) is 90.6 Å². The summed E-state index contributed by atoms with van der Waals surface area (Å²) in [6.07, 6.45) is 1.77. The van der Waals surface area contributed by atoms with E-state index in [9.17, 15) is 4.79 Å². The molecule has 3 aromatic carbocycles. The molecule has 1 N–H and O–H groups in total. The molecule has 1 amide bonds. The van der Waals surface area contributed by atoms with Gasteiger partial charge in [-0.25, -0.2) is 4.68 Å². The highest BCUT2D eigenvalue weighted by molar-refractivity contribution is 6.09. The van der Waals surface area contributed by atoms with Gasteiger partial charge in [0, 0.05) is 24.8 Å². The molecule has 172 valence electrons. The van der Waals surface area contributed by atoms with E-state index in [0.717, 1.165) is 35.7 Å². The summed E-state index contributed by atoms with van der Waals surface area (Å²) in [4.78, 5) is 15.9. The molecule has 7 heteroatoms. The Morgan fingerprint density at radius 1 is 0.941 bits per heavy atom. The Bertz CT molecular complexity index is 1280. The third kappa shape index (κ3) is 4.38. The second-order valence-electron chi connectivity index (χ2n) is 7.94. The van der Waals surface area contributed by atoms with E-state index in [1.54, 1.807) is 18.0 Å². The van der Waals surface area contributed by atoms with Crippen molar-refractivity contribution in [1.82, 2.24) is 9.78 Å². The minimum absolute atomic E-state index is 0.233. The number of nitrogens with one attached hydrogen (secondary N) is 1. The van der Waals surface area contributed by atoms with Crippen LogP contribution < -0.4 is 15.0 Å². The molecule has 7 nitrogen and oxygen atoms in total. The summed E-state index contributed by atoms with van der Waals surface area (Å²) in [6, 6.07) is 25.2. The number of carbonyl (C=O) groups excluding carboxylic acids is 1. The van der Waals surface area contributed by atoms with Gasteiger partial charge in [0.15, 0.2) is 0 Å². The molecule has 0 unspecified atom stereocenters. The van der Waals surface area contributed by atoms with Gasteiger partial charge in [0.1, 0.15) is 11.4 Å². The van der Waals surface area contributed by atoms with Crippen LogP contribution in [0.15, 0.2) is 85.1 Å². The summed E-state index contributed by atoms with van der Waals surface area (Å²) in [5.74, 6) is 0.423. The van der Waals surface area contributed by atoms with Crippen molar-refractivity contribution in [2.75, 3.05) is 43.6 Å². The van der Waals surface area contributed by atoms with Crippen LogP contribution in [0, 0.1) is 0 Å². The predicted octanol–water partition coefficient (Wildman–Crippen LogP) is 4.64. The number of carbonyl (C=O) groups is 1. The molecule has 1 aliphatic heterocycles. The molecule has 1 fully saturated rings. The first-order chi connectivity index (χ1) is 16.7.